The first kappa shape index (κ1) is 16.3. The van der Waals surface area contributed by atoms with Crippen LogP contribution in [-0.2, 0) is 9.53 Å². The van der Waals surface area contributed by atoms with Crippen molar-refractivity contribution in [3.05, 3.63) is 33.4 Å². The molecule has 114 valence electrons. The molecule has 5 heteroatoms. The van der Waals surface area contributed by atoms with Gasteiger partial charge in [0.05, 0.1) is 5.56 Å². The lowest BCUT2D eigenvalue weighted by atomic mass is 9.97. The highest BCUT2D eigenvalue weighted by atomic mass is 127. The van der Waals surface area contributed by atoms with Crippen molar-refractivity contribution < 1.29 is 14.3 Å². The van der Waals surface area contributed by atoms with E-state index in [1.54, 1.807) is 12.1 Å². The first-order valence-corrected chi connectivity index (χ1v) is 8.31. The highest BCUT2D eigenvalue weighted by Gasteiger charge is 2.29. The molecule has 0 saturated carbocycles. The summed E-state index contributed by atoms with van der Waals surface area (Å²) in [6.07, 6.45) is 3.18. The highest BCUT2D eigenvalue weighted by Crippen LogP contribution is 2.22. The molecular weight excluding hydrogens is 381 g/mol. The van der Waals surface area contributed by atoms with Crippen molar-refractivity contribution in [1.82, 2.24) is 4.90 Å². The molecule has 0 N–H and O–H groups in total. The van der Waals surface area contributed by atoms with E-state index in [0.717, 1.165) is 22.8 Å². The molecule has 0 unspecified atom stereocenters. The number of amides is 1. The summed E-state index contributed by atoms with van der Waals surface area (Å²) in [5.74, 6) is -0.542. The van der Waals surface area contributed by atoms with E-state index in [9.17, 15) is 9.59 Å². The Morgan fingerprint density at radius 1 is 1.24 bits per heavy atom. The van der Waals surface area contributed by atoms with E-state index in [4.69, 9.17) is 4.74 Å². The number of ether oxygens (including phenoxy) is 1. The van der Waals surface area contributed by atoms with Crippen LogP contribution in [0.15, 0.2) is 24.3 Å². The molecule has 4 nitrogen and oxygen atoms in total. The lowest BCUT2D eigenvalue weighted by molar-refractivity contribution is -0.140. The lowest BCUT2D eigenvalue weighted by Crippen LogP contribution is -2.49. The third-order valence-electron chi connectivity index (χ3n) is 3.90. The molecule has 2 rings (SSSR count). The zero-order chi connectivity index (χ0) is 15.4. The second kappa shape index (κ2) is 7.24. The monoisotopic (exact) mass is 401 g/mol. The maximum atomic E-state index is 12.3. The molecule has 21 heavy (non-hydrogen) atoms. The number of carbonyl (C=O) groups excluding carboxylic acids is 2. The van der Waals surface area contributed by atoms with Gasteiger partial charge in [0, 0.05) is 15.7 Å². The second-order valence-electron chi connectivity index (χ2n) is 5.49. The first-order valence-electron chi connectivity index (χ1n) is 7.23. The summed E-state index contributed by atoms with van der Waals surface area (Å²) >= 11 is 2.09. The predicted molar refractivity (Wildman–Crippen MR) is 89.1 cm³/mol. The van der Waals surface area contributed by atoms with Gasteiger partial charge in [0.15, 0.2) is 6.61 Å². The minimum atomic E-state index is -0.439. The van der Waals surface area contributed by atoms with Crippen molar-refractivity contribution in [3.8, 4) is 0 Å². The van der Waals surface area contributed by atoms with Gasteiger partial charge in [-0.05, 0) is 67.8 Å². The summed E-state index contributed by atoms with van der Waals surface area (Å²) in [5, 5.41) is 0. The van der Waals surface area contributed by atoms with Crippen LogP contribution in [0, 0.1) is 3.57 Å². The summed E-state index contributed by atoms with van der Waals surface area (Å²) in [6.45, 7) is 3.92. The normalized spacial score (nSPS) is 22.0. The van der Waals surface area contributed by atoms with E-state index >= 15 is 0 Å². The average Bonchev–Trinajstić information content (AvgIpc) is 2.45. The highest BCUT2D eigenvalue weighted by molar-refractivity contribution is 14.1. The Morgan fingerprint density at radius 3 is 2.48 bits per heavy atom. The maximum absolute atomic E-state index is 12.3. The molecule has 0 bridgehead atoms. The zero-order valence-corrected chi connectivity index (χ0v) is 14.5. The Kier molecular flexibility index (Phi) is 5.61. The third-order valence-corrected chi connectivity index (χ3v) is 4.84. The summed E-state index contributed by atoms with van der Waals surface area (Å²) < 4.78 is 6.01. The van der Waals surface area contributed by atoms with E-state index in [-0.39, 0.29) is 24.6 Å². The molecule has 1 aliphatic heterocycles. The minimum Gasteiger partial charge on any atom is -0.452 e. The van der Waals surface area contributed by atoms with Gasteiger partial charge in [0.2, 0.25) is 0 Å². The first-order chi connectivity index (χ1) is 10.0. The number of hydrogen-bond donors (Lipinski definition) is 0. The molecule has 1 amide bonds. The number of benzene rings is 1. The molecule has 1 aromatic rings. The van der Waals surface area contributed by atoms with Gasteiger partial charge < -0.3 is 9.64 Å². The number of esters is 1. The van der Waals surface area contributed by atoms with E-state index in [1.807, 2.05) is 17.0 Å². The fourth-order valence-electron chi connectivity index (χ4n) is 2.82. The largest absolute Gasteiger partial charge is 0.452 e. The molecule has 0 aliphatic carbocycles. The Bertz CT molecular complexity index is 522. The molecule has 1 fully saturated rings. The number of halogens is 1. The molecule has 1 saturated heterocycles. The summed E-state index contributed by atoms with van der Waals surface area (Å²) in [7, 11) is 0. The summed E-state index contributed by atoms with van der Waals surface area (Å²) in [5.41, 5.74) is 0.505. The van der Waals surface area contributed by atoms with Crippen LogP contribution in [0.25, 0.3) is 0 Å². The van der Waals surface area contributed by atoms with Crippen LogP contribution in [0.1, 0.15) is 43.5 Å². The van der Waals surface area contributed by atoms with Gasteiger partial charge in [-0.2, -0.15) is 0 Å². The van der Waals surface area contributed by atoms with Crippen molar-refractivity contribution in [2.75, 3.05) is 6.61 Å². The number of rotatable bonds is 3. The topological polar surface area (TPSA) is 46.6 Å². The number of piperidine rings is 1. The van der Waals surface area contributed by atoms with E-state index in [1.165, 1.54) is 0 Å². The van der Waals surface area contributed by atoms with Crippen LogP contribution >= 0.6 is 22.6 Å². The smallest absolute Gasteiger partial charge is 0.339 e. The van der Waals surface area contributed by atoms with Crippen molar-refractivity contribution in [3.63, 3.8) is 0 Å². The molecule has 1 heterocycles. The van der Waals surface area contributed by atoms with Gasteiger partial charge in [-0.1, -0.05) is 12.1 Å². The standard InChI is InChI=1S/C16H20INO3/c1-11-6-5-7-12(2)18(11)15(19)10-21-16(20)13-8-3-4-9-14(13)17/h3-4,8-9,11-12H,5-7,10H2,1-2H3/t11-,12-/m1/s1. The quantitative estimate of drug-likeness (QED) is 0.577. The van der Waals surface area contributed by atoms with Gasteiger partial charge in [-0.25, -0.2) is 4.79 Å². The van der Waals surface area contributed by atoms with E-state index in [0.29, 0.717) is 5.56 Å². The van der Waals surface area contributed by atoms with Crippen molar-refractivity contribution in [1.29, 1.82) is 0 Å². The van der Waals surface area contributed by atoms with Crippen molar-refractivity contribution >= 4 is 34.5 Å². The molecule has 0 radical (unpaired) electrons. The Morgan fingerprint density at radius 2 is 1.86 bits per heavy atom. The Balaban J connectivity index is 1.95. The van der Waals surface area contributed by atoms with Crippen LogP contribution < -0.4 is 0 Å². The van der Waals surface area contributed by atoms with Crippen LogP contribution in [0.5, 0.6) is 0 Å². The van der Waals surface area contributed by atoms with Crippen LogP contribution in [0.4, 0.5) is 0 Å². The molecule has 2 atom stereocenters. The van der Waals surface area contributed by atoms with Gasteiger partial charge >= 0.3 is 5.97 Å². The maximum Gasteiger partial charge on any atom is 0.339 e. The number of nitrogens with zero attached hydrogens (tertiary/aromatic N) is 1. The molecule has 0 spiro atoms. The van der Waals surface area contributed by atoms with Crippen LogP contribution in [0.3, 0.4) is 0 Å². The number of hydrogen-bond acceptors (Lipinski definition) is 3. The van der Waals surface area contributed by atoms with Crippen LogP contribution in [0.2, 0.25) is 0 Å². The number of likely N-dealkylation sites (tertiary alicyclic amines) is 1. The molecular formula is C16H20INO3. The Hall–Kier alpha value is -1.11. The Labute approximate surface area is 139 Å². The van der Waals surface area contributed by atoms with Gasteiger partial charge in [0.1, 0.15) is 0 Å². The van der Waals surface area contributed by atoms with Crippen molar-refractivity contribution in [2.45, 2.75) is 45.2 Å². The lowest BCUT2D eigenvalue weighted by Gasteiger charge is -2.38. The molecule has 1 aromatic carbocycles. The SMILES string of the molecule is C[C@@H]1CCC[C@@H](C)N1C(=O)COC(=O)c1ccccc1I. The van der Waals surface area contributed by atoms with E-state index < -0.39 is 5.97 Å². The van der Waals surface area contributed by atoms with Crippen LogP contribution in [-0.4, -0.2) is 35.5 Å². The summed E-state index contributed by atoms with van der Waals surface area (Å²) in [4.78, 5) is 26.2. The zero-order valence-electron chi connectivity index (χ0n) is 12.3. The third kappa shape index (κ3) is 3.96. The number of carbonyl (C=O) groups is 2. The van der Waals surface area contributed by atoms with Gasteiger partial charge in [-0.15, -0.1) is 0 Å². The fraction of sp³-hybridized carbons (Fsp3) is 0.500. The average molecular weight is 401 g/mol. The second-order valence-corrected chi connectivity index (χ2v) is 6.65. The van der Waals surface area contributed by atoms with Gasteiger partial charge in [0.25, 0.3) is 5.91 Å². The predicted octanol–water partition coefficient (Wildman–Crippen LogP) is 3.24. The van der Waals surface area contributed by atoms with Gasteiger partial charge in [-0.3, -0.25) is 4.79 Å². The van der Waals surface area contributed by atoms with E-state index in [2.05, 4.69) is 36.4 Å². The fourth-order valence-corrected chi connectivity index (χ4v) is 3.43. The molecule has 0 aromatic heterocycles. The van der Waals surface area contributed by atoms with Crippen molar-refractivity contribution in [2.24, 2.45) is 0 Å². The molecule has 1 aliphatic rings. The summed E-state index contributed by atoms with van der Waals surface area (Å²) in [6, 6.07) is 7.64. The minimum absolute atomic E-state index is 0.103.